The van der Waals surface area contributed by atoms with Crippen LogP contribution in [-0.4, -0.2) is 17.1 Å². The van der Waals surface area contributed by atoms with E-state index in [9.17, 15) is 0 Å². The summed E-state index contributed by atoms with van der Waals surface area (Å²) in [4.78, 5) is 9.11. The molecule has 0 atom stereocenters. The molecule has 0 aromatic carbocycles. The molecule has 1 aromatic rings. The third-order valence-corrected chi connectivity index (χ3v) is 3.68. The van der Waals surface area contributed by atoms with E-state index in [0.717, 1.165) is 24.1 Å². The molecule has 0 saturated carbocycles. The van der Waals surface area contributed by atoms with Gasteiger partial charge in [-0.15, -0.1) is 0 Å². The lowest BCUT2D eigenvalue weighted by atomic mass is 9.94. The zero-order chi connectivity index (χ0) is 13.9. The van der Waals surface area contributed by atoms with Crippen LogP contribution in [0.3, 0.4) is 0 Å². The predicted octanol–water partition coefficient (Wildman–Crippen LogP) is 3.15. The maximum absolute atomic E-state index is 6.08. The van der Waals surface area contributed by atoms with Crippen LogP contribution in [0.25, 0.3) is 0 Å². The lowest BCUT2D eigenvalue weighted by Crippen LogP contribution is -2.30. The SMILES string of the molecule is CCC(CC)(OC)c1nc(C)c(C(C)C)c(N)n1. The fourth-order valence-corrected chi connectivity index (χ4v) is 2.47. The highest BCUT2D eigenvalue weighted by Gasteiger charge is 2.32. The van der Waals surface area contributed by atoms with Crippen molar-refractivity contribution in [1.29, 1.82) is 0 Å². The van der Waals surface area contributed by atoms with Gasteiger partial charge >= 0.3 is 0 Å². The number of aromatic nitrogens is 2. The van der Waals surface area contributed by atoms with E-state index in [1.165, 1.54) is 0 Å². The average Bonchev–Trinajstić information content (AvgIpc) is 2.30. The smallest absolute Gasteiger partial charge is 0.162 e. The number of nitrogens with zero attached hydrogens (tertiary/aromatic N) is 2. The largest absolute Gasteiger partial charge is 0.383 e. The molecule has 4 nitrogen and oxygen atoms in total. The van der Waals surface area contributed by atoms with Crippen LogP contribution in [0, 0.1) is 6.92 Å². The second-order valence-electron chi connectivity index (χ2n) is 4.99. The molecule has 0 radical (unpaired) electrons. The number of anilines is 1. The molecular formula is C14H25N3O. The summed E-state index contributed by atoms with van der Waals surface area (Å²) >= 11 is 0. The van der Waals surface area contributed by atoms with Gasteiger partial charge in [0.2, 0.25) is 0 Å². The molecule has 0 aliphatic rings. The van der Waals surface area contributed by atoms with Crippen LogP contribution in [0.5, 0.6) is 0 Å². The summed E-state index contributed by atoms with van der Waals surface area (Å²) < 4.78 is 5.65. The quantitative estimate of drug-likeness (QED) is 0.873. The molecule has 0 aliphatic heterocycles. The molecule has 18 heavy (non-hydrogen) atoms. The van der Waals surface area contributed by atoms with E-state index in [-0.39, 0.29) is 0 Å². The minimum absolute atomic E-state index is 0.333. The summed E-state index contributed by atoms with van der Waals surface area (Å²) in [6.07, 6.45) is 1.67. The van der Waals surface area contributed by atoms with E-state index in [1.54, 1.807) is 7.11 Å². The molecule has 0 bridgehead atoms. The Hall–Kier alpha value is -1.16. The molecular weight excluding hydrogens is 226 g/mol. The molecule has 0 amide bonds. The first-order valence-corrected chi connectivity index (χ1v) is 6.61. The van der Waals surface area contributed by atoms with Gasteiger partial charge in [0.15, 0.2) is 5.82 Å². The highest BCUT2D eigenvalue weighted by molar-refractivity contribution is 5.44. The van der Waals surface area contributed by atoms with Crippen LogP contribution in [0.15, 0.2) is 0 Å². The van der Waals surface area contributed by atoms with Crippen LogP contribution in [-0.2, 0) is 10.3 Å². The number of hydrogen-bond donors (Lipinski definition) is 1. The fraction of sp³-hybridized carbons (Fsp3) is 0.714. The Morgan fingerprint density at radius 1 is 1.22 bits per heavy atom. The van der Waals surface area contributed by atoms with Crippen LogP contribution >= 0.6 is 0 Å². The Labute approximate surface area is 110 Å². The molecule has 0 saturated heterocycles. The van der Waals surface area contributed by atoms with Gasteiger partial charge in [-0.2, -0.15) is 0 Å². The third kappa shape index (κ3) is 2.48. The molecule has 4 heteroatoms. The summed E-state index contributed by atoms with van der Waals surface area (Å²) in [5, 5.41) is 0. The highest BCUT2D eigenvalue weighted by atomic mass is 16.5. The number of nitrogens with two attached hydrogens (primary N) is 1. The number of rotatable bonds is 5. The maximum Gasteiger partial charge on any atom is 0.162 e. The summed E-state index contributed by atoms with van der Waals surface area (Å²) in [6.45, 7) is 10.4. The van der Waals surface area contributed by atoms with E-state index < -0.39 is 5.60 Å². The monoisotopic (exact) mass is 251 g/mol. The standard InChI is InChI=1S/C14H25N3O/c1-7-14(8-2,18-6)13-16-10(5)11(9(3)4)12(15)17-13/h9H,7-8H2,1-6H3,(H2,15,16,17). The Bertz CT molecular complexity index is 380. The third-order valence-electron chi connectivity index (χ3n) is 3.68. The lowest BCUT2D eigenvalue weighted by Gasteiger charge is -2.29. The Kier molecular flexibility index (Phi) is 4.68. The van der Waals surface area contributed by atoms with Gasteiger partial charge in [0.05, 0.1) is 0 Å². The van der Waals surface area contributed by atoms with E-state index in [1.807, 2.05) is 6.92 Å². The minimum atomic E-state index is -0.422. The van der Waals surface area contributed by atoms with Crippen molar-refractivity contribution < 1.29 is 4.74 Å². The van der Waals surface area contributed by atoms with E-state index in [4.69, 9.17) is 10.5 Å². The summed E-state index contributed by atoms with van der Waals surface area (Å²) in [5.74, 6) is 1.62. The van der Waals surface area contributed by atoms with Crippen molar-refractivity contribution >= 4 is 5.82 Å². The zero-order valence-electron chi connectivity index (χ0n) is 12.4. The molecule has 0 fully saturated rings. The van der Waals surface area contributed by atoms with Crippen molar-refractivity contribution in [1.82, 2.24) is 9.97 Å². The molecule has 1 aromatic heterocycles. The average molecular weight is 251 g/mol. The van der Waals surface area contributed by atoms with Crippen molar-refractivity contribution in [2.75, 3.05) is 12.8 Å². The van der Waals surface area contributed by atoms with Gasteiger partial charge in [0, 0.05) is 18.4 Å². The minimum Gasteiger partial charge on any atom is -0.383 e. The molecule has 0 unspecified atom stereocenters. The van der Waals surface area contributed by atoms with Gasteiger partial charge in [0.1, 0.15) is 11.4 Å². The van der Waals surface area contributed by atoms with Gasteiger partial charge in [-0.25, -0.2) is 9.97 Å². The normalized spacial score (nSPS) is 12.2. The van der Waals surface area contributed by atoms with Gasteiger partial charge in [0.25, 0.3) is 0 Å². The molecule has 0 aliphatic carbocycles. The molecule has 0 spiro atoms. The first kappa shape index (κ1) is 14.9. The fourth-order valence-electron chi connectivity index (χ4n) is 2.47. The topological polar surface area (TPSA) is 61.0 Å². The number of hydrogen-bond acceptors (Lipinski definition) is 4. The van der Waals surface area contributed by atoms with Crippen molar-refractivity contribution in [2.45, 2.75) is 59.0 Å². The summed E-state index contributed by atoms with van der Waals surface area (Å²) in [5.41, 5.74) is 7.65. The van der Waals surface area contributed by atoms with Crippen molar-refractivity contribution in [3.05, 3.63) is 17.1 Å². The Morgan fingerprint density at radius 3 is 2.11 bits per heavy atom. The van der Waals surface area contributed by atoms with Crippen LogP contribution in [0.1, 0.15) is 63.5 Å². The van der Waals surface area contributed by atoms with E-state index in [0.29, 0.717) is 17.6 Å². The lowest BCUT2D eigenvalue weighted by molar-refractivity contribution is -0.0291. The van der Waals surface area contributed by atoms with Crippen molar-refractivity contribution in [3.63, 3.8) is 0 Å². The van der Waals surface area contributed by atoms with Crippen LogP contribution in [0.2, 0.25) is 0 Å². The van der Waals surface area contributed by atoms with Gasteiger partial charge in [-0.1, -0.05) is 27.7 Å². The van der Waals surface area contributed by atoms with Gasteiger partial charge in [-0.05, 0) is 25.7 Å². The molecule has 1 heterocycles. The molecule has 102 valence electrons. The summed E-state index contributed by atoms with van der Waals surface area (Å²) in [6, 6.07) is 0. The number of methoxy groups -OCH3 is 1. The second-order valence-corrected chi connectivity index (χ2v) is 4.99. The first-order valence-electron chi connectivity index (χ1n) is 6.61. The van der Waals surface area contributed by atoms with Crippen LogP contribution in [0.4, 0.5) is 5.82 Å². The predicted molar refractivity (Wildman–Crippen MR) is 74.5 cm³/mol. The number of nitrogen functional groups attached to an aromatic ring is 1. The Morgan fingerprint density at radius 2 is 1.78 bits per heavy atom. The van der Waals surface area contributed by atoms with Gasteiger partial charge in [-0.3, -0.25) is 0 Å². The number of aryl methyl sites for hydroxylation is 1. The maximum atomic E-state index is 6.08. The Balaban J connectivity index is 3.36. The molecule has 1 rings (SSSR count). The van der Waals surface area contributed by atoms with Gasteiger partial charge < -0.3 is 10.5 Å². The van der Waals surface area contributed by atoms with Crippen molar-refractivity contribution in [2.24, 2.45) is 0 Å². The van der Waals surface area contributed by atoms with Crippen LogP contribution < -0.4 is 5.73 Å². The second kappa shape index (κ2) is 5.65. The van der Waals surface area contributed by atoms with E-state index in [2.05, 4.69) is 37.7 Å². The molecule has 2 N–H and O–H groups in total. The van der Waals surface area contributed by atoms with E-state index >= 15 is 0 Å². The highest BCUT2D eigenvalue weighted by Crippen LogP contribution is 2.32. The number of ether oxygens (including phenoxy) is 1. The summed E-state index contributed by atoms with van der Waals surface area (Å²) in [7, 11) is 1.71. The zero-order valence-corrected chi connectivity index (χ0v) is 12.4. The van der Waals surface area contributed by atoms with Crippen molar-refractivity contribution in [3.8, 4) is 0 Å². The first-order chi connectivity index (χ1) is 8.41.